The van der Waals surface area contributed by atoms with Crippen molar-refractivity contribution < 1.29 is 12.8 Å². The molecule has 0 unspecified atom stereocenters. The number of anilines is 1. The van der Waals surface area contributed by atoms with E-state index in [2.05, 4.69) is 0 Å². The van der Waals surface area contributed by atoms with E-state index >= 15 is 0 Å². The molecule has 1 saturated carbocycles. The summed E-state index contributed by atoms with van der Waals surface area (Å²) in [5.74, 6) is -0.323. The van der Waals surface area contributed by atoms with Crippen molar-refractivity contribution in [2.75, 3.05) is 18.8 Å². The fourth-order valence-electron chi connectivity index (χ4n) is 2.00. The summed E-state index contributed by atoms with van der Waals surface area (Å²) in [6.07, 6.45) is 2.81. The molecule has 0 atom stereocenters. The lowest BCUT2D eigenvalue weighted by Gasteiger charge is -2.22. The molecule has 0 aliphatic heterocycles. The van der Waals surface area contributed by atoms with Crippen molar-refractivity contribution in [2.45, 2.75) is 31.1 Å². The summed E-state index contributed by atoms with van der Waals surface area (Å²) in [5.41, 5.74) is 5.81. The van der Waals surface area contributed by atoms with Crippen LogP contribution in [0.25, 0.3) is 0 Å². The molecule has 1 aromatic carbocycles. The SMILES string of the molecule is CCCN(CC1CC1)S(=O)(=O)c1cc(N)ccc1F. The largest absolute Gasteiger partial charge is 0.399 e. The molecule has 2 rings (SSSR count). The molecular weight excluding hydrogens is 267 g/mol. The van der Waals surface area contributed by atoms with Crippen molar-refractivity contribution in [3.05, 3.63) is 24.0 Å². The van der Waals surface area contributed by atoms with Crippen molar-refractivity contribution in [3.8, 4) is 0 Å². The number of rotatable bonds is 6. The van der Waals surface area contributed by atoms with Crippen LogP contribution in [-0.4, -0.2) is 25.8 Å². The van der Waals surface area contributed by atoms with Crippen molar-refractivity contribution in [2.24, 2.45) is 5.92 Å². The Labute approximate surface area is 113 Å². The molecule has 1 fully saturated rings. The molecule has 0 saturated heterocycles. The zero-order valence-corrected chi connectivity index (χ0v) is 11.8. The molecule has 0 amide bonds. The Balaban J connectivity index is 2.34. The summed E-state index contributed by atoms with van der Waals surface area (Å²) in [4.78, 5) is -0.318. The average Bonchev–Trinajstić information content (AvgIpc) is 3.15. The quantitative estimate of drug-likeness (QED) is 0.816. The molecule has 19 heavy (non-hydrogen) atoms. The van der Waals surface area contributed by atoms with Crippen LogP contribution >= 0.6 is 0 Å². The third-order valence-electron chi connectivity index (χ3n) is 3.20. The minimum Gasteiger partial charge on any atom is -0.399 e. The van der Waals surface area contributed by atoms with Gasteiger partial charge in [-0.25, -0.2) is 12.8 Å². The fourth-order valence-corrected chi connectivity index (χ4v) is 3.71. The number of hydrogen-bond donors (Lipinski definition) is 1. The van der Waals surface area contributed by atoms with Gasteiger partial charge < -0.3 is 5.73 Å². The van der Waals surface area contributed by atoms with Gasteiger partial charge in [-0.2, -0.15) is 4.31 Å². The molecule has 1 aliphatic carbocycles. The molecule has 4 nitrogen and oxygen atoms in total. The summed E-state index contributed by atoms with van der Waals surface area (Å²) in [6, 6.07) is 3.66. The number of nitrogens with two attached hydrogens (primary N) is 1. The highest BCUT2D eigenvalue weighted by Gasteiger charge is 2.32. The molecule has 1 aromatic rings. The lowest BCUT2D eigenvalue weighted by Crippen LogP contribution is -2.34. The van der Waals surface area contributed by atoms with E-state index in [0.717, 1.165) is 18.9 Å². The van der Waals surface area contributed by atoms with Gasteiger partial charge in [0.2, 0.25) is 10.0 Å². The Morgan fingerprint density at radius 3 is 2.68 bits per heavy atom. The second-order valence-corrected chi connectivity index (χ2v) is 6.90. The van der Waals surface area contributed by atoms with Gasteiger partial charge in [-0.1, -0.05) is 6.92 Å². The van der Waals surface area contributed by atoms with Crippen molar-refractivity contribution in [1.29, 1.82) is 0 Å². The highest BCUT2D eigenvalue weighted by molar-refractivity contribution is 7.89. The highest BCUT2D eigenvalue weighted by Crippen LogP contribution is 2.32. The van der Waals surface area contributed by atoms with Crippen LogP contribution in [-0.2, 0) is 10.0 Å². The van der Waals surface area contributed by atoms with Gasteiger partial charge >= 0.3 is 0 Å². The van der Waals surface area contributed by atoms with Crippen LogP contribution in [0, 0.1) is 11.7 Å². The maximum Gasteiger partial charge on any atom is 0.246 e. The summed E-state index contributed by atoms with van der Waals surface area (Å²) >= 11 is 0. The van der Waals surface area contributed by atoms with Gasteiger partial charge in [-0.3, -0.25) is 0 Å². The Morgan fingerprint density at radius 1 is 1.42 bits per heavy atom. The van der Waals surface area contributed by atoms with Gasteiger partial charge in [0.25, 0.3) is 0 Å². The molecule has 0 aromatic heterocycles. The molecule has 0 bridgehead atoms. The van der Waals surface area contributed by atoms with E-state index in [1.807, 2.05) is 6.92 Å². The summed E-state index contributed by atoms with van der Waals surface area (Å²) in [5, 5.41) is 0. The zero-order valence-electron chi connectivity index (χ0n) is 11.0. The normalized spacial score (nSPS) is 15.9. The summed E-state index contributed by atoms with van der Waals surface area (Å²) in [6.45, 7) is 2.79. The third-order valence-corrected chi connectivity index (χ3v) is 5.08. The first kappa shape index (κ1) is 14.3. The van der Waals surface area contributed by atoms with Crippen LogP contribution in [0.3, 0.4) is 0 Å². The van der Waals surface area contributed by atoms with Gasteiger partial charge in [-0.15, -0.1) is 0 Å². The van der Waals surface area contributed by atoms with E-state index in [4.69, 9.17) is 5.73 Å². The summed E-state index contributed by atoms with van der Waals surface area (Å²) in [7, 11) is -3.79. The van der Waals surface area contributed by atoms with E-state index < -0.39 is 15.8 Å². The average molecular weight is 286 g/mol. The maximum absolute atomic E-state index is 13.8. The van der Waals surface area contributed by atoms with Crippen LogP contribution < -0.4 is 5.73 Å². The fraction of sp³-hybridized carbons (Fsp3) is 0.538. The van der Waals surface area contributed by atoms with Crippen LogP contribution in [0.15, 0.2) is 23.1 Å². The number of hydrogen-bond acceptors (Lipinski definition) is 3. The summed E-state index contributed by atoms with van der Waals surface area (Å²) < 4.78 is 40.1. The Morgan fingerprint density at radius 2 is 2.11 bits per heavy atom. The highest BCUT2D eigenvalue weighted by atomic mass is 32.2. The number of nitrogen functional groups attached to an aromatic ring is 1. The number of halogens is 1. The van der Waals surface area contributed by atoms with Crippen molar-refractivity contribution >= 4 is 15.7 Å². The smallest absolute Gasteiger partial charge is 0.246 e. The first-order valence-corrected chi connectivity index (χ1v) is 7.94. The standard InChI is InChI=1S/C13H19FN2O2S/c1-2-7-16(9-10-3-4-10)19(17,18)13-8-11(15)5-6-12(13)14/h5-6,8,10H,2-4,7,9,15H2,1H3. The van der Waals surface area contributed by atoms with Crippen LogP contribution in [0.2, 0.25) is 0 Å². The van der Waals surface area contributed by atoms with Crippen LogP contribution in [0.4, 0.5) is 10.1 Å². The Hall–Kier alpha value is -1.14. The Bertz CT molecular complexity index is 556. The molecule has 106 valence electrons. The van der Waals surface area contributed by atoms with E-state index in [0.29, 0.717) is 25.4 Å². The number of benzene rings is 1. The van der Waals surface area contributed by atoms with Crippen LogP contribution in [0.1, 0.15) is 26.2 Å². The monoisotopic (exact) mass is 286 g/mol. The van der Waals surface area contributed by atoms with E-state index in [-0.39, 0.29) is 10.6 Å². The molecule has 0 heterocycles. The molecule has 0 spiro atoms. The predicted octanol–water partition coefficient (Wildman–Crippen LogP) is 2.22. The second kappa shape index (κ2) is 5.46. The van der Waals surface area contributed by atoms with E-state index in [1.54, 1.807) is 0 Å². The van der Waals surface area contributed by atoms with E-state index in [9.17, 15) is 12.8 Å². The lowest BCUT2D eigenvalue weighted by molar-refractivity contribution is 0.393. The Kier molecular flexibility index (Phi) is 4.10. The minimum atomic E-state index is -3.79. The topological polar surface area (TPSA) is 63.4 Å². The first-order valence-electron chi connectivity index (χ1n) is 6.50. The minimum absolute atomic E-state index is 0.253. The van der Waals surface area contributed by atoms with E-state index in [1.165, 1.54) is 16.4 Å². The third kappa shape index (κ3) is 3.25. The first-order chi connectivity index (χ1) is 8.95. The van der Waals surface area contributed by atoms with Crippen molar-refractivity contribution in [1.82, 2.24) is 4.31 Å². The number of nitrogens with zero attached hydrogens (tertiary/aromatic N) is 1. The maximum atomic E-state index is 13.8. The van der Waals surface area contributed by atoms with Crippen molar-refractivity contribution in [3.63, 3.8) is 0 Å². The molecule has 2 N–H and O–H groups in total. The zero-order chi connectivity index (χ0) is 14.0. The molecule has 1 aliphatic rings. The van der Waals surface area contributed by atoms with Gasteiger partial charge in [0.1, 0.15) is 10.7 Å². The number of sulfonamides is 1. The van der Waals surface area contributed by atoms with Crippen LogP contribution in [0.5, 0.6) is 0 Å². The van der Waals surface area contributed by atoms with Gasteiger partial charge in [-0.05, 0) is 43.4 Å². The predicted molar refractivity (Wildman–Crippen MR) is 72.6 cm³/mol. The van der Waals surface area contributed by atoms with Gasteiger partial charge in [0, 0.05) is 18.8 Å². The van der Waals surface area contributed by atoms with Gasteiger partial charge in [0.05, 0.1) is 0 Å². The second-order valence-electron chi connectivity index (χ2n) is 5.00. The molecule has 0 radical (unpaired) electrons. The molecule has 6 heteroatoms. The lowest BCUT2D eigenvalue weighted by atomic mass is 10.3. The van der Waals surface area contributed by atoms with Gasteiger partial charge in [0.15, 0.2) is 0 Å². The molecular formula is C13H19FN2O2S.